The zero-order valence-electron chi connectivity index (χ0n) is 8.93. The molecular formula is C12H12N2O2. The number of pyridine rings is 1. The summed E-state index contributed by atoms with van der Waals surface area (Å²) in [5.41, 5.74) is 5.87. The molecule has 82 valence electrons. The number of aromatic nitrogens is 1. The number of benzene rings is 1. The highest BCUT2D eigenvalue weighted by Crippen LogP contribution is 2.22. The second-order valence-corrected chi connectivity index (χ2v) is 3.49. The highest BCUT2D eigenvalue weighted by molar-refractivity contribution is 5.89. The van der Waals surface area contributed by atoms with E-state index in [1.165, 1.54) is 0 Å². The number of carbonyl (C=O) groups is 1. The van der Waals surface area contributed by atoms with Crippen molar-refractivity contribution >= 4 is 16.7 Å². The van der Waals surface area contributed by atoms with Crippen molar-refractivity contribution in [3.8, 4) is 5.75 Å². The number of nitrogens with two attached hydrogens (primary N) is 1. The van der Waals surface area contributed by atoms with Gasteiger partial charge in [-0.15, -0.1) is 0 Å². The highest BCUT2D eigenvalue weighted by Gasteiger charge is 2.06. The first-order valence-electron chi connectivity index (χ1n) is 4.90. The minimum atomic E-state index is -0.379. The number of fused-ring (bicyclic) bond motifs is 1. The van der Waals surface area contributed by atoms with Crippen LogP contribution in [-0.2, 0) is 11.2 Å². The van der Waals surface area contributed by atoms with E-state index in [2.05, 4.69) is 4.98 Å². The lowest BCUT2D eigenvalue weighted by molar-refractivity contribution is -0.117. The summed E-state index contributed by atoms with van der Waals surface area (Å²) in [5.74, 6) is 0.402. The summed E-state index contributed by atoms with van der Waals surface area (Å²) >= 11 is 0. The molecule has 1 aromatic heterocycles. The van der Waals surface area contributed by atoms with Gasteiger partial charge < -0.3 is 10.5 Å². The molecule has 0 fully saturated rings. The SMILES string of the molecule is COc1ccc2c(CC(N)=O)nccc2c1. The van der Waals surface area contributed by atoms with Crippen LogP contribution >= 0.6 is 0 Å². The van der Waals surface area contributed by atoms with E-state index in [0.29, 0.717) is 5.69 Å². The number of primary amides is 1. The fraction of sp³-hybridized carbons (Fsp3) is 0.167. The van der Waals surface area contributed by atoms with Gasteiger partial charge >= 0.3 is 0 Å². The summed E-state index contributed by atoms with van der Waals surface area (Å²) in [6, 6.07) is 7.51. The summed E-state index contributed by atoms with van der Waals surface area (Å²) in [6.07, 6.45) is 1.82. The monoisotopic (exact) mass is 216 g/mol. The predicted octanol–water partition coefficient (Wildman–Crippen LogP) is 1.27. The first-order chi connectivity index (χ1) is 7.70. The predicted molar refractivity (Wildman–Crippen MR) is 61.2 cm³/mol. The summed E-state index contributed by atoms with van der Waals surface area (Å²) < 4.78 is 5.13. The van der Waals surface area contributed by atoms with Crippen LogP contribution in [0, 0.1) is 0 Å². The van der Waals surface area contributed by atoms with Gasteiger partial charge in [0.15, 0.2) is 0 Å². The molecule has 1 heterocycles. The maximum absolute atomic E-state index is 10.9. The largest absolute Gasteiger partial charge is 0.497 e. The van der Waals surface area contributed by atoms with Crippen molar-refractivity contribution in [2.75, 3.05) is 7.11 Å². The first-order valence-corrected chi connectivity index (χ1v) is 4.90. The fourth-order valence-corrected chi connectivity index (χ4v) is 1.65. The minimum Gasteiger partial charge on any atom is -0.497 e. The second-order valence-electron chi connectivity index (χ2n) is 3.49. The first kappa shape index (κ1) is 10.4. The molecule has 16 heavy (non-hydrogen) atoms. The lowest BCUT2D eigenvalue weighted by Crippen LogP contribution is -2.14. The van der Waals surface area contributed by atoms with E-state index >= 15 is 0 Å². The molecule has 0 atom stereocenters. The highest BCUT2D eigenvalue weighted by atomic mass is 16.5. The number of carbonyl (C=O) groups excluding carboxylic acids is 1. The quantitative estimate of drug-likeness (QED) is 0.840. The molecule has 4 nitrogen and oxygen atoms in total. The van der Waals surface area contributed by atoms with Crippen LogP contribution in [0.15, 0.2) is 30.5 Å². The van der Waals surface area contributed by atoms with Gasteiger partial charge in [0.2, 0.25) is 5.91 Å². The van der Waals surface area contributed by atoms with E-state index < -0.39 is 0 Å². The molecule has 2 N–H and O–H groups in total. The van der Waals surface area contributed by atoms with Crippen LogP contribution in [0.3, 0.4) is 0 Å². The van der Waals surface area contributed by atoms with Crippen molar-refractivity contribution in [2.24, 2.45) is 5.73 Å². The Hall–Kier alpha value is -2.10. The van der Waals surface area contributed by atoms with Crippen LogP contribution < -0.4 is 10.5 Å². The molecule has 0 spiro atoms. The molecule has 0 radical (unpaired) electrons. The van der Waals surface area contributed by atoms with E-state index in [1.54, 1.807) is 13.3 Å². The molecule has 2 rings (SSSR count). The second kappa shape index (κ2) is 4.18. The molecule has 0 aliphatic heterocycles. The smallest absolute Gasteiger partial charge is 0.223 e. The van der Waals surface area contributed by atoms with E-state index in [0.717, 1.165) is 16.5 Å². The molecular weight excluding hydrogens is 204 g/mol. The number of amides is 1. The van der Waals surface area contributed by atoms with Crippen LogP contribution in [0.25, 0.3) is 10.8 Å². The third-order valence-electron chi connectivity index (χ3n) is 2.40. The number of ether oxygens (including phenoxy) is 1. The van der Waals surface area contributed by atoms with Crippen molar-refractivity contribution in [1.29, 1.82) is 0 Å². The third kappa shape index (κ3) is 1.95. The Morgan fingerprint density at radius 2 is 2.25 bits per heavy atom. The van der Waals surface area contributed by atoms with Crippen molar-refractivity contribution in [3.05, 3.63) is 36.2 Å². The Morgan fingerprint density at radius 1 is 1.44 bits per heavy atom. The molecule has 4 heteroatoms. The van der Waals surface area contributed by atoms with Gasteiger partial charge in [0.05, 0.1) is 19.2 Å². The molecule has 1 aromatic carbocycles. The van der Waals surface area contributed by atoms with Crippen LogP contribution in [0.4, 0.5) is 0 Å². The number of rotatable bonds is 3. The molecule has 0 unspecified atom stereocenters. The average molecular weight is 216 g/mol. The Kier molecular flexibility index (Phi) is 2.72. The fourth-order valence-electron chi connectivity index (χ4n) is 1.65. The van der Waals surface area contributed by atoms with Gasteiger partial charge in [-0.25, -0.2) is 0 Å². The van der Waals surface area contributed by atoms with E-state index in [9.17, 15) is 4.79 Å². The Labute approximate surface area is 93.0 Å². The van der Waals surface area contributed by atoms with Crippen LogP contribution in [0.5, 0.6) is 5.75 Å². The molecule has 0 aliphatic carbocycles. The summed E-state index contributed by atoms with van der Waals surface area (Å²) in [5, 5.41) is 1.92. The van der Waals surface area contributed by atoms with E-state index in [-0.39, 0.29) is 12.3 Å². The van der Waals surface area contributed by atoms with Crippen molar-refractivity contribution < 1.29 is 9.53 Å². The topological polar surface area (TPSA) is 65.2 Å². The summed E-state index contributed by atoms with van der Waals surface area (Å²) in [6.45, 7) is 0. The Morgan fingerprint density at radius 3 is 2.94 bits per heavy atom. The molecule has 1 amide bonds. The lowest BCUT2D eigenvalue weighted by Gasteiger charge is -2.05. The van der Waals surface area contributed by atoms with Crippen LogP contribution in [0.1, 0.15) is 5.69 Å². The Balaban J connectivity index is 2.55. The van der Waals surface area contributed by atoms with Gasteiger partial charge in [-0.2, -0.15) is 0 Å². The van der Waals surface area contributed by atoms with E-state index in [1.807, 2.05) is 24.3 Å². The number of hydrogen-bond donors (Lipinski definition) is 1. The normalized spacial score (nSPS) is 10.3. The lowest BCUT2D eigenvalue weighted by atomic mass is 10.1. The Bertz CT molecular complexity index is 538. The zero-order valence-corrected chi connectivity index (χ0v) is 8.93. The van der Waals surface area contributed by atoms with Crippen molar-refractivity contribution in [3.63, 3.8) is 0 Å². The minimum absolute atomic E-state index is 0.156. The maximum Gasteiger partial charge on any atom is 0.223 e. The third-order valence-corrected chi connectivity index (χ3v) is 2.40. The van der Waals surface area contributed by atoms with Gasteiger partial charge in [-0.3, -0.25) is 9.78 Å². The standard InChI is InChI=1S/C12H12N2O2/c1-16-9-2-3-10-8(6-9)4-5-14-11(10)7-12(13)15/h2-6H,7H2,1H3,(H2,13,15). The molecule has 0 aliphatic rings. The number of hydrogen-bond acceptors (Lipinski definition) is 3. The average Bonchev–Trinajstić information content (AvgIpc) is 2.28. The van der Waals surface area contributed by atoms with Gasteiger partial charge in [-0.1, -0.05) is 0 Å². The summed E-state index contributed by atoms with van der Waals surface area (Å²) in [4.78, 5) is 15.1. The van der Waals surface area contributed by atoms with Gasteiger partial charge in [0.25, 0.3) is 0 Å². The molecule has 0 saturated heterocycles. The van der Waals surface area contributed by atoms with Crippen LogP contribution in [0.2, 0.25) is 0 Å². The van der Waals surface area contributed by atoms with E-state index in [4.69, 9.17) is 10.5 Å². The maximum atomic E-state index is 10.9. The van der Waals surface area contributed by atoms with Gasteiger partial charge in [0.1, 0.15) is 5.75 Å². The molecule has 2 aromatic rings. The van der Waals surface area contributed by atoms with Crippen molar-refractivity contribution in [1.82, 2.24) is 4.98 Å². The van der Waals surface area contributed by atoms with Gasteiger partial charge in [0, 0.05) is 11.6 Å². The zero-order chi connectivity index (χ0) is 11.5. The number of nitrogens with zero attached hydrogens (tertiary/aromatic N) is 1. The van der Waals surface area contributed by atoms with Gasteiger partial charge in [-0.05, 0) is 29.7 Å². The van der Waals surface area contributed by atoms with Crippen LogP contribution in [-0.4, -0.2) is 18.0 Å². The molecule has 0 saturated carbocycles. The van der Waals surface area contributed by atoms with Crippen molar-refractivity contribution in [2.45, 2.75) is 6.42 Å². The summed E-state index contributed by atoms with van der Waals surface area (Å²) in [7, 11) is 1.62. The molecule has 0 bridgehead atoms. The number of methoxy groups -OCH3 is 1.